The Labute approximate surface area is 169 Å². The number of fused-ring (bicyclic) bond motifs is 2. The molecular formula is C23H23N5O. The van der Waals surface area contributed by atoms with E-state index in [0.717, 1.165) is 44.6 Å². The molecule has 0 saturated carbocycles. The standard InChI is InChI=1S/C23H23N5O/c1-4-29-16-10-12-19-18(14-16)23(24)17-11-9-15(13-21(17)25-19)26-27-20-7-5-6-8-22(20)28(2)3/h5-14H,4H2,1-3H3,(H2,24,25). The van der Waals surface area contributed by atoms with Crippen molar-refractivity contribution in [1.82, 2.24) is 4.98 Å². The summed E-state index contributed by atoms with van der Waals surface area (Å²) in [7, 11) is 3.97. The van der Waals surface area contributed by atoms with Gasteiger partial charge in [0.25, 0.3) is 0 Å². The van der Waals surface area contributed by atoms with Crippen LogP contribution in [0, 0.1) is 0 Å². The number of hydrogen-bond donors (Lipinski definition) is 1. The monoisotopic (exact) mass is 385 g/mol. The highest BCUT2D eigenvalue weighted by Gasteiger charge is 2.09. The van der Waals surface area contributed by atoms with Gasteiger partial charge in [0.1, 0.15) is 11.4 Å². The number of hydrogen-bond acceptors (Lipinski definition) is 6. The van der Waals surface area contributed by atoms with Crippen molar-refractivity contribution >= 4 is 44.6 Å². The predicted octanol–water partition coefficient (Wildman–Crippen LogP) is 5.85. The summed E-state index contributed by atoms with van der Waals surface area (Å²) in [6.07, 6.45) is 0. The van der Waals surface area contributed by atoms with Gasteiger partial charge in [-0.1, -0.05) is 12.1 Å². The van der Waals surface area contributed by atoms with E-state index in [1.54, 1.807) is 0 Å². The molecule has 0 atom stereocenters. The van der Waals surface area contributed by atoms with E-state index in [9.17, 15) is 0 Å². The van der Waals surface area contributed by atoms with Crippen molar-refractivity contribution in [3.8, 4) is 5.75 Å². The molecule has 0 aliphatic rings. The number of azo groups is 1. The number of ether oxygens (including phenoxy) is 1. The summed E-state index contributed by atoms with van der Waals surface area (Å²) < 4.78 is 5.59. The molecule has 0 bridgehead atoms. The van der Waals surface area contributed by atoms with Gasteiger partial charge in [-0.15, -0.1) is 5.11 Å². The SMILES string of the molecule is CCOc1ccc2nc3cc(N=Nc4ccccc4N(C)C)ccc3c(N)c2c1. The van der Waals surface area contributed by atoms with Gasteiger partial charge in [-0.05, 0) is 55.5 Å². The minimum atomic E-state index is 0.609. The summed E-state index contributed by atoms with van der Waals surface area (Å²) in [5, 5.41) is 10.6. The number of anilines is 2. The first-order valence-electron chi connectivity index (χ1n) is 9.50. The Morgan fingerprint density at radius 2 is 1.76 bits per heavy atom. The molecule has 0 aliphatic heterocycles. The van der Waals surface area contributed by atoms with Gasteiger partial charge >= 0.3 is 0 Å². The maximum atomic E-state index is 6.43. The van der Waals surface area contributed by atoms with Crippen molar-refractivity contribution in [2.75, 3.05) is 31.3 Å². The van der Waals surface area contributed by atoms with Crippen LogP contribution in [0.3, 0.4) is 0 Å². The fourth-order valence-electron chi connectivity index (χ4n) is 3.30. The van der Waals surface area contributed by atoms with Crippen LogP contribution in [0.15, 0.2) is 70.9 Å². The molecule has 29 heavy (non-hydrogen) atoms. The molecule has 0 spiro atoms. The molecule has 4 rings (SSSR count). The van der Waals surface area contributed by atoms with Crippen LogP contribution in [-0.4, -0.2) is 25.7 Å². The van der Waals surface area contributed by atoms with Crippen LogP contribution in [0.25, 0.3) is 21.8 Å². The van der Waals surface area contributed by atoms with Crippen molar-refractivity contribution in [3.05, 3.63) is 60.7 Å². The molecule has 4 aromatic rings. The number of benzene rings is 3. The lowest BCUT2D eigenvalue weighted by Crippen LogP contribution is -2.08. The van der Waals surface area contributed by atoms with Crippen LogP contribution in [0.2, 0.25) is 0 Å². The summed E-state index contributed by atoms with van der Waals surface area (Å²) >= 11 is 0. The first kappa shape index (κ1) is 18.7. The zero-order valence-corrected chi connectivity index (χ0v) is 16.8. The Morgan fingerprint density at radius 1 is 0.931 bits per heavy atom. The number of nitrogen functional groups attached to an aromatic ring is 1. The summed E-state index contributed by atoms with van der Waals surface area (Å²) in [5.41, 5.74) is 11.3. The molecule has 6 heteroatoms. The van der Waals surface area contributed by atoms with E-state index < -0.39 is 0 Å². The maximum Gasteiger partial charge on any atom is 0.120 e. The normalized spacial score (nSPS) is 11.4. The topological polar surface area (TPSA) is 76.1 Å². The molecule has 0 saturated heterocycles. The summed E-state index contributed by atoms with van der Waals surface area (Å²) in [4.78, 5) is 6.77. The first-order valence-corrected chi connectivity index (χ1v) is 9.50. The van der Waals surface area contributed by atoms with E-state index in [4.69, 9.17) is 15.5 Å². The van der Waals surface area contributed by atoms with Gasteiger partial charge < -0.3 is 15.4 Å². The van der Waals surface area contributed by atoms with Crippen LogP contribution in [0.5, 0.6) is 5.75 Å². The largest absolute Gasteiger partial charge is 0.494 e. The molecule has 1 aromatic heterocycles. The molecule has 2 N–H and O–H groups in total. The highest BCUT2D eigenvalue weighted by Crippen LogP contribution is 2.33. The Bertz CT molecular complexity index is 1220. The van der Waals surface area contributed by atoms with Crippen molar-refractivity contribution in [2.24, 2.45) is 10.2 Å². The predicted molar refractivity (Wildman–Crippen MR) is 120 cm³/mol. The lowest BCUT2D eigenvalue weighted by Gasteiger charge is -2.13. The minimum Gasteiger partial charge on any atom is -0.494 e. The minimum absolute atomic E-state index is 0.609. The number of pyridine rings is 1. The third kappa shape index (κ3) is 3.69. The number of nitrogens with zero attached hydrogens (tertiary/aromatic N) is 4. The second-order valence-corrected chi connectivity index (χ2v) is 6.92. The number of nitrogens with two attached hydrogens (primary N) is 1. The van der Waals surface area contributed by atoms with Gasteiger partial charge in [-0.25, -0.2) is 4.98 Å². The fraction of sp³-hybridized carbons (Fsp3) is 0.174. The molecule has 3 aromatic carbocycles. The highest BCUT2D eigenvalue weighted by molar-refractivity contribution is 6.07. The van der Waals surface area contributed by atoms with Crippen LogP contribution in [-0.2, 0) is 0 Å². The van der Waals surface area contributed by atoms with Crippen LogP contribution in [0.1, 0.15) is 6.92 Å². The first-order chi connectivity index (χ1) is 14.1. The molecule has 1 heterocycles. The number of aromatic nitrogens is 1. The smallest absolute Gasteiger partial charge is 0.120 e. The van der Waals surface area contributed by atoms with Crippen LogP contribution < -0.4 is 15.4 Å². The van der Waals surface area contributed by atoms with Gasteiger partial charge in [0, 0.05) is 24.9 Å². The summed E-state index contributed by atoms with van der Waals surface area (Å²) in [6, 6.07) is 19.4. The van der Waals surface area contributed by atoms with E-state index in [-0.39, 0.29) is 0 Å². The zero-order valence-electron chi connectivity index (χ0n) is 16.8. The van der Waals surface area contributed by atoms with Crippen molar-refractivity contribution in [1.29, 1.82) is 0 Å². The average Bonchev–Trinajstić information content (AvgIpc) is 2.73. The fourth-order valence-corrected chi connectivity index (χ4v) is 3.30. The third-order valence-electron chi connectivity index (χ3n) is 4.72. The second kappa shape index (κ2) is 7.75. The Morgan fingerprint density at radius 3 is 2.55 bits per heavy atom. The van der Waals surface area contributed by atoms with Crippen LogP contribution >= 0.6 is 0 Å². The Hall–Kier alpha value is -3.67. The van der Waals surface area contributed by atoms with Gasteiger partial charge in [-0.3, -0.25) is 0 Å². The van der Waals surface area contributed by atoms with E-state index >= 15 is 0 Å². The number of rotatable bonds is 5. The van der Waals surface area contributed by atoms with Gasteiger partial charge in [0.2, 0.25) is 0 Å². The van der Waals surface area contributed by atoms with Crippen LogP contribution in [0.4, 0.5) is 22.7 Å². The lowest BCUT2D eigenvalue weighted by atomic mass is 10.1. The van der Waals surface area contributed by atoms with E-state index in [1.807, 2.05) is 86.6 Å². The van der Waals surface area contributed by atoms with Gasteiger partial charge in [0.15, 0.2) is 0 Å². The van der Waals surface area contributed by atoms with Crippen molar-refractivity contribution in [3.63, 3.8) is 0 Å². The number of para-hydroxylation sites is 1. The molecule has 0 amide bonds. The summed E-state index contributed by atoms with van der Waals surface area (Å²) in [5.74, 6) is 0.790. The Kier molecular flexibility index (Phi) is 4.99. The maximum absolute atomic E-state index is 6.43. The van der Waals surface area contributed by atoms with Crippen molar-refractivity contribution < 1.29 is 4.74 Å². The second-order valence-electron chi connectivity index (χ2n) is 6.92. The molecule has 0 aliphatic carbocycles. The quantitative estimate of drug-likeness (QED) is 0.345. The highest BCUT2D eigenvalue weighted by atomic mass is 16.5. The summed E-state index contributed by atoms with van der Waals surface area (Å²) in [6.45, 7) is 2.57. The van der Waals surface area contributed by atoms with Gasteiger partial charge in [-0.2, -0.15) is 5.11 Å². The van der Waals surface area contributed by atoms with E-state index in [1.165, 1.54) is 0 Å². The molecule has 146 valence electrons. The van der Waals surface area contributed by atoms with Crippen molar-refractivity contribution in [2.45, 2.75) is 6.92 Å². The zero-order chi connectivity index (χ0) is 20.4. The molecule has 6 nitrogen and oxygen atoms in total. The average molecular weight is 385 g/mol. The lowest BCUT2D eigenvalue weighted by molar-refractivity contribution is 0.341. The molecule has 0 radical (unpaired) electrons. The van der Waals surface area contributed by atoms with Gasteiger partial charge in [0.05, 0.1) is 34.7 Å². The molecule has 0 fully saturated rings. The van der Waals surface area contributed by atoms with E-state index in [2.05, 4.69) is 10.2 Å². The molecular weight excluding hydrogens is 362 g/mol. The Balaban J connectivity index is 1.75. The van der Waals surface area contributed by atoms with E-state index in [0.29, 0.717) is 12.3 Å². The molecule has 0 unspecified atom stereocenters. The third-order valence-corrected chi connectivity index (χ3v) is 4.72.